The van der Waals surface area contributed by atoms with Crippen LogP contribution in [0.4, 0.5) is 22.0 Å². The van der Waals surface area contributed by atoms with Gasteiger partial charge in [-0.05, 0) is 269 Å². The molecule has 0 saturated heterocycles. The standard InChI is InChI=1S/C15H24.C13H22.C12H18.2C11H16.C10H13Cl.C10H9F5.2C10H14.C7H16/c1-10(2)13-8-7-9-14(11(3)4)15(13)12(5)6;1-9(2)13-6-10-3-11(7-13)5-12(4-10)8-13;1-9-7-6-8-10(2)11(9)12(3,4)5;1-8(2)11-6-9(3)5-10(4)7-11;1-9-7-5-6-8-10(9)11(2,3)4;1-7(2)10-8(3)5-4-6-9(10)11;1-10(2,3)4-5(11)7(13)9(15)8(14)6(4)12;1-10(2,3)9-7-5-4-6-8-9;1-8(2)10-7-5-4-6-9(10)3;1-6(2)7(3,4)5/h7-12H,1-6H3;9-12H,3-8H2,1-2H3;6-8H,1-5H3;2*5-8H,1-4H3;4-7H,1-3H3;1-3H3;2*4-8H,1-3H3;6H,1-5H3. The third-order valence-electron chi connectivity index (χ3n) is 23.4. The molecule has 0 amide bonds. The summed E-state index contributed by atoms with van der Waals surface area (Å²) in [5, 5.41) is 0.889. The molecule has 6 heteroatoms. The molecular weight excluding hydrogens is 1440 g/mol. The van der Waals surface area contributed by atoms with Gasteiger partial charge < -0.3 is 0 Å². The van der Waals surface area contributed by atoms with Gasteiger partial charge in [0.2, 0.25) is 5.82 Å². The summed E-state index contributed by atoms with van der Waals surface area (Å²) in [4.78, 5) is 0. The maximum atomic E-state index is 13.2. The van der Waals surface area contributed by atoms with E-state index < -0.39 is 40.1 Å². The minimum absolute atomic E-state index is 0.273. The smallest absolute Gasteiger partial charge is 0.200 e. The minimum atomic E-state index is -2.13. The van der Waals surface area contributed by atoms with Crippen LogP contribution in [0.5, 0.6) is 0 Å². The Hall–Kier alpha value is -6.30. The molecule has 4 aliphatic carbocycles. The van der Waals surface area contributed by atoms with E-state index in [4.69, 9.17) is 11.6 Å². The molecule has 4 bridgehead atoms. The van der Waals surface area contributed by atoms with Gasteiger partial charge in [0, 0.05) is 10.6 Å². The third kappa shape index (κ3) is 33.8. The van der Waals surface area contributed by atoms with Crippen LogP contribution in [-0.2, 0) is 21.7 Å². The summed E-state index contributed by atoms with van der Waals surface area (Å²) in [6, 6.07) is 53.7. The Morgan fingerprint density at radius 2 is 0.661 bits per heavy atom. The summed E-state index contributed by atoms with van der Waals surface area (Å²) in [5.74, 6) is -0.625. The van der Waals surface area contributed by atoms with Crippen molar-refractivity contribution >= 4 is 11.6 Å². The fourth-order valence-electron chi connectivity index (χ4n) is 16.7. The first-order chi connectivity index (χ1) is 52.7. The van der Waals surface area contributed by atoms with Crippen molar-refractivity contribution < 1.29 is 22.0 Å². The van der Waals surface area contributed by atoms with Crippen LogP contribution in [0.3, 0.4) is 0 Å². The lowest BCUT2D eigenvalue weighted by Gasteiger charge is -2.58. The van der Waals surface area contributed by atoms with Crippen LogP contribution in [0.25, 0.3) is 0 Å². The van der Waals surface area contributed by atoms with Gasteiger partial charge in [0.25, 0.3) is 0 Å². The molecule has 0 atom stereocenters. The summed E-state index contributed by atoms with van der Waals surface area (Å²) in [7, 11) is 0. The molecule has 0 radical (unpaired) electrons. The molecule has 0 aliphatic heterocycles. The van der Waals surface area contributed by atoms with E-state index in [-0.39, 0.29) is 10.8 Å². The fraction of sp³-hybridized carbons (Fsp3) is 0.560. The number of hydrogen-bond acceptors (Lipinski definition) is 0. The van der Waals surface area contributed by atoms with E-state index in [2.05, 4.69) is 382 Å². The minimum Gasteiger partial charge on any atom is -0.203 e. The summed E-state index contributed by atoms with van der Waals surface area (Å²) >= 11 is 6.02. The molecule has 8 aromatic rings. The molecule has 0 heterocycles. The van der Waals surface area contributed by atoms with E-state index >= 15 is 0 Å². The second kappa shape index (κ2) is 46.3. The summed E-state index contributed by atoms with van der Waals surface area (Å²) in [6.45, 7) is 82.6. The molecule has 0 nitrogen and oxygen atoms in total. The Bertz CT molecular complexity index is 4020. The Kier molecular flexibility index (Phi) is 42.2. The van der Waals surface area contributed by atoms with E-state index in [0.29, 0.717) is 46.3 Å². The average Bonchev–Trinajstić information content (AvgIpc) is 0.744. The molecule has 12 rings (SSSR count). The van der Waals surface area contributed by atoms with Crippen LogP contribution in [0.1, 0.15) is 383 Å². The SMILES string of the molecule is CC(C)(C)c1c(F)c(F)c(F)c(F)c1F.CC(C)(C)c1ccccc1.CC(C)C(C)(C)C.CC(C)C12CC3CC(CC(C3)C1)C2.CC(C)c1cccc(C(C)C)c1C(C)C.Cc1cc(C)cc(C(C)C)c1.Cc1cccc(C)c1C(C)(C)C.Cc1cccc(Cl)c1C(C)C.Cc1ccccc1C(C)(C)C.Cc1ccccc1C(C)C. The molecular formula is C109H162ClF5. The maximum absolute atomic E-state index is 13.2. The second-order valence-corrected chi connectivity index (χ2v) is 41.8. The molecule has 640 valence electrons. The number of halogens is 6. The van der Waals surface area contributed by atoms with Gasteiger partial charge in [0.15, 0.2) is 23.3 Å². The molecule has 4 aliphatic rings. The van der Waals surface area contributed by atoms with E-state index in [0.717, 1.165) is 40.0 Å². The largest absolute Gasteiger partial charge is 0.203 e. The van der Waals surface area contributed by atoms with Crippen LogP contribution in [-0.4, -0.2) is 0 Å². The van der Waals surface area contributed by atoms with Crippen molar-refractivity contribution in [3.8, 4) is 0 Å². The van der Waals surface area contributed by atoms with E-state index in [1.54, 1.807) is 44.1 Å². The van der Waals surface area contributed by atoms with Gasteiger partial charge in [-0.15, -0.1) is 0 Å². The van der Waals surface area contributed by atoms with Crippen LogP contribution in [0.2, 0.25) is 5.02 Å². The van der Waals surface area contributed by atoms with Crippen LogP contribution in [0, 0.1) is 118 Å². The zero-order valence-electron chi connectivity index (χ0n) is 79.8. The zero-order chi connectivity index (χ0) is 88.6. The maximum Gasteiger partial charge on any atom is 0.200 e. The van der Waals surface area contributed by atoms with Crippen molar-refractivity contribution in [3.05, 3.63) is 280 Å². The number of rotatable bonds is 7. The lowest BCUT2D eigenvalue weighted by molar-refractivity contribution is -0.0789. The molecule has 115 heavy (non-hydrogen) atoms. The van der Waals surface area contributed by atoms with Crippen LogP contribution in [0.15, 0.2) is 152 Å². The topological polar surface area (TPSA) is 0 Å². The highest BCUT2D eigenvalue weighted by Crippen LogP contribution is 2.62. The van der Waals surface area contributed by atoms with Crippen molar-refractivity contribution in [1.82, 2.24) is 0 Å². The quantitative estimate of drug-likeness (QED) is 0.0848. The lowest BCUT2D eigenvalue weighted by Crippen LogP contribution is -2.48. The van der Waals surface area contributed by atoms with Gasteiger partial charge in [-0.25, -0.2) is 22.0 Å². The van der Waals surface area contributed by atoms with Crippen molar-refractivity contribution in [2.75, 3.05) is 0 Å². The second-order valence-electron chi connectivity index (χ2n) is 41.4. The van der Waals surface area contributed by atoms with Gasteiger partial charge in [0.05, 0.1) is 0 Å². The third-order valence-corrected chi connectivity index (χ3v) is 23.7. The first kappa shape index (κ1) is 105. The Balaban J connectivity index is 0.000000436. The molecule has 8 aromatic carbocycles. The fourth-order valence-corrected chi connectivity index (χ4v) is 17.2. The highest BCUT2D eigenvalue weighted by molar-refractivity contribution is 6.31. The molecule has 4 saturated carbocycles. The van der Waals surface area contributed by atoms with Gasteiger partial charge in [-0.2, -0.15) is 0 Å². The number of benzene rings is 8. The first-order valence-electron chi connectivity index (χ1n) is 43.4. The first-order valence-corrected chi connectivity index (χ1v) is 43.8. The highest BCUT2D eigenvalue weighted by Gasteiger charge is 2.52. The molecule has 0 N–H and O–H groups in total. The number of aryl methyl sites for hydroxylation is 7. The predicted octanol–water partition coefficient (Wildman–Crippen LogP) is 35.5. The Labute approximate surface area is 708 Å². The van der Waals surface area contributed by atoms with E-state index in [9.17, 15) is 22.0 Å². The van der Waals surface area contributed by atoms with E-state index in [1.807, 2.05) is 12.1 Å². The van der Waals surface area contributed by atoms with Gasteiger partial charge in [-0.1, -0.05) is 383 Å². The predicted molar refractivity (Wildman–Crippen MR) is 499 cm³/mol. The summed E-state index contributed by atoms with van der Waals surface area (Å²) in [5.41, 5.74) is 23.0. The Morgan fingerprint density at radius 1 is 0.322 bits per heavy atom. The molecule has 4 fully saturated rings. The van der Waals surface area contributed by atoms with Gasteiger partial charge in [-0.3, -0.25) is 0 Å². The van der Waals surface area contributed by atoms with Gasteiger partial charge >= 0.3 is 0 Å². The molecule has 0 unspecified atom stereocenters. The summed E-state index contributed by atoms with van der Waals surface area (Å²) in [6.07, 6.45) is 9.51. The van der Waals surface area contributed by atoms with Gasteiger partial charge in [0.1, 0.15) is 0 Å². The monoisotopic (exact) mass is 1600 g/mol. The normalized spacial score (nSPS) is 16.2. The number of hydrogen-bond donors (Lipinski definition) is 0. The van der Waals surface area contributed by atoms with Crippen molar-refractivity contribution in [3.63, 3.8) is 0 Å². The zero-order valence-corrected chi connectivity index (χ0v) is 80.6. The van der Waals surface area contributed by atoms with Crippen molar-refractivity contribution in [1.29, 1.82) is 0 Å². The van der Waals surface area contributed by atoms with Crippen molar-refractivity contribution in [2.45, 2.75) is 359 Å². The Morgan fingerprint density at radius 3 is 0.948 bits per heavy atom. The lowest BCUT2D eigenvalue weighted by atomic mass is 9.47. The molecule has 0 aromatic heterocycles. The van der Waals surface area contributed by atoms with E-state index in [1.165, 1.54) is 104 Å². The molecule has 0 spiro atoms. The summed E-state index contributed by atoms with van der Waals surface area (Å²) < 4.78 is 64.6. The average molecular weight is 1600 g/mol. The van der Waals surface area contributed by atoms with Crippen LogP contribution < -0.4 is 0 Å². The highest BCUT2D eigenvalue weighted by atomic mass is 35.5. The van der Waals surface area contributed by atoms with Crippen LogP contribution >= 0.6 is 11.6 Å². The van der Waals surface area contributed by atoms with Crippen molar-refractivity contribution in [2.24, 2.45) is 40.4 Å².